The number of unbranched alkanes of at least 4 members (excludes halogenated alkanes) is 1. The molecule has 0 aliphatic carbocycles. The summed E-state index contributed by atoms with van der Waals surface area (Å²) in [5.74, 6) is 1.12. The van der Waals surface area contributed by atoms with E-state index >= 15 is 0 Å². The second-order valence-corrected chi connectivity index (χ2v) is 7.27. The number of benzene rings is 2. The van der Waals surface area contributed by atoms with Gasteiger partial charge < -0.3 is 23.9 Å². The Kier molecular flexibility index (Phi) is 7.19. The molecule has 0 amide bonds. The monoisotopic (exact) mass is 399 g/mol. The number of thioether (sulfide) groups is 1. The molecule has 3 aromatic rings. The number of fused-ring (bicyclic) bond motifs is 1. The minimum Gasteiger partial charge on any atom is -0.548 e. The molecule has 0 aliphatic heterocycles. The van der Waals surface area contributed by atoms with Gasteiger partial charge in [0.15, 0.2) is 5.16 Å². The van der Waals surface area contributed by atoms with E-state index in [2.05, 4.69) is 11.9 Å². The number of imidazole rings is 1. The van der Waals surface area contributed by atoms with Gasteiger partial charge in [0.05, 0.1) is 36.8 Å². The van der Waals surface area contributed by atoms with Gasteiger partial charge in [0, 0.05) is 5.75 Å². The van der Waals surface area contributed by atoms with Crippen molar-refractivity contribution in [1.82, 2.24) is 9.55 Å². The van der Waals surface area contributed by atoms with Gasteiger partial charge in [-0.05, 0) is 42.8 Å². The Morgan fingerprint density at radius 2 is 1.75 bits per heavy atom. The summed E-state index contributed by atoms with van der Waals surface area (Å²) < 4.78 is 13.1. The standard InChI is InChI=1S/C21H24N2O4S/c1-2-3-12-26-16-8-10-17(11-9-16)27-13-14-28-21-22-18-6-4-5-7-19(18)23(21)15-20(24)25/h4-11H,2-3,12-15H2,1H3,(H,24,25)/p-1. The van der Waals surface area contributed by atoms with Crippen LogP contribution in [-0.2, 0) is 11.3 Å². The van der Waals surface area contributed by atoms with Gasteiger partial charge in [-0.15, -0.1) is 0 Å². The summed E-state index contributed by atoms with van der Waals surface area (Å²) in [5.41, 5.74) is 1.56. The van der Waals surface area contributed by atoms with E-state index in [1.807, 2.05) is 48.5 Å². The molecule has 0 saturated carbocycles. The molecule has 6 nitrogen and oxygen atoms in total. The Morgan fingerprint density at radius 3 is 2.43 bits per heavy atom. The summed E-state index contributed by atoms with van der Waals surface area (Å²) in [4.78, 5) is 15.6. The number of nitrogens with zero attached hydrogens (tertiary/aromatic N) is 2. The Balaban J connectivity index is 1.53. The number of carbonyl (C=O) groups is 1. The molecule has 0 unspecified atom stereocenters. The van der Waals surface area contributed by atoms with E-state index in [0.29, 0.717) is 17.5 Å². The second-order valence-electron chi connectivity index (χ2n) is 6.21. The number of carbonyl (C=O) groups excluding carboxylic acids is 1. The number of aromatic nitrogens is 2. The molecule has 0 radical (unpaired) electrons. The van der Waals surface area contributed by atoms with Crippen LogP contribution in [0.3, 0.4) is 0 Å². The van der Waals surface area contributed by atoms with Crippen molar-refractivity contribution in [1.29, 1.82) is 0 Å². The first kappa shape index (κ1) is 20.1. The van der Waals surface area contributed by atoms with Crippen molar-refractivity contribution in [2.45, 2.75) is 31.5 Å². The van der Waals surface area contributed by atoms with Crippen molar-refractivity contribution in [3.05, 3.63) is 48.5 Å². The molecule has 148 valence electrons. The fourth-order valence-electron chi connectivity index (χ4n) is 2.70. The molecular weight excluding hydrogens is 376 g/mol. The summed E-state index contributed by atoms with van der Waals surface area (Å²) >= 11 is 1.46. The van der Waals surface area contributed by atoms with Crippen molar-refractivity contribution in [2.75, 3.05) is 19.0 Å². The number of ether oxygens (including phenoxy) is 2. The molecular formula is C21H23N2O4S-. The molecule has 1 aromatic heterocycles. The van der Waals surface area contributed by atoms with E-state index in [4.69, 9.17) is 9.47 Å². The minimum absolute atomic E-state index is 0.219. The van der Waals surface area contributed by atoms with E-state index in [9.17, 15) is 9.90 Å². The number of aliphatic carboxylic acids is 1. The van der Waals surface area contributed by atoms with Crippen LogP contribution in [0.25, 0.3) is 11.0 Å². The van der Waals surface area contributed by atoms with E-state index in [0.717, 1.165) is 42.0 Å². The molecule has 0 saturated heterocycles. The number of hydrogen-bond donors (Lipinski definition) is 0. The Hall–Kier alpha value is -2.67. The first-order valence-corrected chi connectivity index (χ1v) is 10.3. The van der Waals surface area contributed by atoms with Gasteiger partial charge in [-0.3, -0.25) is 0 Å². The van der Waals surface area contributed by atoms with Crippen LogP contribution < -0.4 is 14.6 Å². The SMILES string of the molecule is CCCCOc1ccc(OCCSc2nc3ccccc3n2CC(=O)[O-])cc1. The highest BCUT2D eigenvalue weighted by Crippen LogP contribution is 2.24. The Bertz CT molecular complexity index is 908. The van der Waals surface area contributed by atoms with Crippen LogP contribution in [0.1, 0.15) is 19.8 Å². The lowest BCUT2D eigenvalue weighted by Gasteiger charge is -2.10. The highest BCUT2D eigenvalue weighted by atomic mass is 32.2. The van der Waals surface area contributed by atoms with Crippen molar-refractivity contribution in [3.63, 3.8) is 0 Å². The van der Waals surface area contributed by atoms with Crippen molar-refractivity contribution in [2.24, 2.45) is 0 Å². The topological polar surface area (TPSA) is 76.4 Å². The molecule has 2 aromatic carbocycles. The van der Waals surface area contributed by atoms with Crippen LogP contribution in [0.5, 0.6) is 11.5 Å². The fourth-order valence-corrected chi connectivity index (χ4v) is 3.54. The van der Waals surface area contributed by atoms with Gasteiger partial charge in [-0.25, -0.2) is 4.98 Å². The number of hydrogen-bond acceptors (Lipinski definition) is 6. The number of carboxylic acids is 1. The molecule has 0 atom stereocenters. The zero-order valence-electron chi connectivity index (χ0n) is 15.8. The predicted octanol–water partition coefficient (Wildman–Crippen LogP) is 3.14. The average Bonchev–Trinajstić information content (AvgIpc) is 3.03. The third-order valence-electron chi connectivity index (χ3n) is 4.08. The summed E-state index contributed by atoms with van der Waals surface area (Å²) in [6, 6.07) is 15.0. The van der Waals surface area contributed by atoms with Gasteiger partial charge >= 0.3 is 0 Å². The number of para-hydroxylation sites is 2. The zero-order chi connectivity index (χ0) is 19.8. The highest BCUT2D eigenvalue weighted by molar-refractivity contribution is 7.99. The Morgan fingerprint density at radius 1 is 1.07 bits per heavy atom. The maximum absolute atomic E-state index is 11.1. The van der Waals surface area contributed by atoms with Crippen LogP contribution in [0.2, 0.25) is 0 Å². The lowest BCUT2D eigenvalue weighted by Crippen LogP contribution is -2.27. The first-order chi connectivity index (χ1) is 13.7. The van der Waals surface area contributed by atoms with Gasteiger partial charge in [0.1, 0.15) is 11.5 Å². The maximum Gasteiger partial charge on any atom is 0.169 e. The fraction of sp³-hybridized carbons (Fsp3) is 0.333. The summed E-state index contributed by atoms with van der Waals surface area (Å²) in [7, 11) is 0. The van der Waals surface area contributed by atoms with E-state index < -0.39 is 5.97 Å². The zero-order valence-corrected chi connectivity index (χ0v) is 16.6. The van der Waals surface area contributed by atoms with Gasteiger partial charge in [-0.2, -0.15) is 0 Å². The molecule has 28 heavy (non-hydrogen) atoms. The van der Waals surface area contributed by atoms with Crippen molar-refractivity contribution < 1.29 is 19.4 Å². The van der Waals surface area contributed by atoms with E-state index in [1.54, 1.807) is 4.57 Å². The summed E-state index contributed by atoms with van der Waals surface area (Å²) in [5, 5.41) is 11.7. The normalized spacial score (nSPS) is 10.9. The van der Waals surface area contributed by atoms with Crippen LogP contribution in [0.15, 0.2) is 53.7 Å². The van der Waals surface area contributed by atoms with E-state index in [1.165, 1.54) is 11.8 Å². The lowest BCUT2D eigenvalue weighted by atomic mass is 10.3. The molecule has 3 rings (SSSR count). The maximum atomic E-state index is 11.1. The predicted molar refractivity (Wildman–Crippen MR) is 108 cm³/mol. The molecule has 0 aliphatic rings. The van der Waals surface area contributed by atoms with Crippen LogP contribution >= 0.6 is 11.8 Å². The largest absolute Gasteiger partial charge is 0.548 e. The Labute approximate surface area is 168 Å². The summed E-state index contributed by atoms with van der Waals surface area (Å²) in [6.07, 6.45) is 2.15. The average molecular weight is 399 g/mol. The second kappa shape index (κ2) is 10.0. The summed E-state index contributed by atoms with van der Waals surface area (Å²) in [6.45, 7) is 3.12. The number of rotatable bonds is 11. The molecule has 0 bridgehead atoms. The van der Waals surface area contributed by atoms with Gasteiger partial charge in [-0.1, -0.05) is 37.2 Å². The van der Waals surface area contributed by atoms with Gasteiger partial charge in [0.2, 0.25) is 0 Å². The van der Waals surface area contributed by atoms with Crippen molar-refractivity contribution in [3.8, 4) is 11.5 Å². The number of carboxylic acid groups (broad SMARTS) is 1. The molecule has 0 spiro atoms. The van der Waals surface area contributed by atoms with Crippen LogP contribution in [0.4, 0.5) is 0 Å². The van der Waals surface area contributed by atoms with Crippen LogP contribution in [-0.4, -0.2) is 34.5 Å². The molecule has 1 heterocycles. The molecule has 0 fully saturated rings. The highest BCUT2D eigenvalue weighted by Gasteiger charge is 2.11. The third-order valence-corrected chi connectivity index (χ3v) is 5.02. The first-order valence-electron chi connectivity index (χ1n) is 9.31. The molecule has 0 N–H and O–H groups in total. The lowest BCUT2D eigenvalue weighted by molar-refractivity contribution is -0.306. The third kappa shape index (κ3) is 5.42. The minimum atomic E-state index is -1.14. The van der Waals surface area contributed by atoms with Crippen LogP contribution in [0, 0.1) is 0 Å². The quantitative estimate of drug-likeness (QED) is 0.364. The molecule has 7 heteroatoms. The van der Waals surface area contributed by atoms with E-state index in [-0.39, 0.29) is 6.54 Å². The smallest absolute Gasteiger partial charge is 0.169 e. The van der Waals surface area contributed by atoms with Gasteiger partial charge in [0.25, 0.3) is 0 Å². The van der Waals surface area contributed by atoms with Crippen molar-refractivity contribution >= 4 is 28.8 Å².